The lowest BCUT2D eigenvalue weighted by Crippen LogP contribution is -2.23. The lowest BCUT2D eigenvalue weighted by molar-refractivity contribution is -0.148. The van der Waals surface area contributed by atoms with E-state index in [0.717, 1.165) is 16.7 Å². The number of benzene rings is 3. The third-order valence-electron chi connectivity index (χ3n) is 5.97. The molecule has 0 saturated carbocycles. The first-order valence-electron chi connectivity index (χ1n) is 15.0. The minimum atomic E-state index is -3.38. The van der Waals surface area contributed by atoms with E-state index in [4.69, 9.17) is 62.4 Å². The highest BCUT2D eigenvalue weighted by atomic mass is 35.5. The number of carbonyl (C=O) groups is 2. The van der Waals surface area contributed by atoms with E-state index in [9.17, 15) is 18.0 Å². The fourth-order valence-electron chi connectivity index (χ4n) is 3.83. The molecule has 0 atom stereocenters. The Morgan fingerprint density at radius 2 is 1.36 bits per heavy atom. The first-order chi connectivity index (χ1) is 23.1. The van der Waals surface area contributed by atoms with Gasteiger partial charge in [0.1, 0.15) is 11.2 Å². The lowest BCUT2D eigenvalue weighted by Gasteiger charge is -2.19. The van der Waals surface area contributed by atoms with Crippen LogP contribution in [0, 0.1) is 13.5 Å². The van der Waals surface area contributed by atoms with Crippen molar-refractivity contribution in [3.8, 4) is 11.1 Å². The molecule has 0 spiro atoms. The molecule has 0 aliphatic rings. The number of aryl methyl sites for hydroxylation is 1. The van der Waals surface area contributed by atoms with Crippen LogP contribution in [-0.2, 0) is 24.1 Å². The summed E-state index contributed by atoms with van der Waals surface area (Å²) in [6, 6.07) is 16.7. The first-order valence-corrected chi connectivity index (χ1v) is 18.1. The second kappa shape index (κ2) is 18.5. The number of halogens is 4. The summed E-state index contributed by atoms with van der Waals surface area (Å²) >= 11 is 23.8. The molecule has 1 heterocycles. The van der Waals surface area contributed by atoms with Gasteiger partial charge >= 0.3 is 17.8 Å². The van der Waals surface area contributed by atoms with Gasteiger partial charge in [-0.25, -0.2) is 24.6 Å². The Bertz CT molecular complexity index is 1970. The Labute approximate surface area is 314 Å². The summed E-state index contributed by atoms with van der Waals surface area (Å²) < 4.78 is 33.2. The van der Waals surface area contributed by atoms with Crippen LogP contribution in [0.4, 0.5) is 0 Å². The van der Waals surface area contributed by atoms with Gasteiger partial charge in [-0.15, -0.1) is 0 Å². The number of carbonyl (C=O) groups excluding carboxylic acids is 2. The van der Waals surface area contributed by atoms with Crippen LogP contribution in [0.5, 0.6) is 0 Å². The maximum absolute atomic E-state index is 12.2. The average Bonchev–Trinajstić information content (AvgIpc) is 3.46. The monoisotopic (exact) mass is 778 g/mol. The maximum Gasteiger partial charge on any atom is 0.340 e. The van der Waals surface area contributed by atoms with Crippen molar-refractivity contribution >= 4 is 74.3 Å². The third-order valence-corrected chi connectivity index (χ3v) is 8.54. The van der Waals surface area contributed by atoms with Crippen molar-refractivity contribution in [3.05, 3.63) is 127 Å². The molecule has 0 bridgehead atoms. The zero-order chi connectivity index (χ0) is 37.9. The lowest BCUT2D eigenvalue weighted by atomic mass is 10.0. The van der Waals surface area contributed by atoms with Crippen molar-refractivity contribution in [2.24, 2.45) is 0 Å². The summed E-state index contributed by atoms with van der Waals surface area (Å²) in [6.07, 6.45) is 6.27. The van der Waals surface area contributed by atoms with Gasteiger partial charge in [0.25, 0.3) is 9.84 Å². The van der Waals surface area contributed by atoms with E-state index in [1.165, 1.54) is 18.2 Å². The molecule has 0 amide bonds. The summed E-state index contributed by atoms with van der Waals surface area (Å²) in [6.45, 7) is 19.3. The molecule has 0 radical (unpaired) electrons. The van der Waals surface area contributed by atoms with Gasteiger partial charge in [0, 0.05) is 49.7 Å². The van der Waals surface area contributed by atoms with Crippen molar-refractivity contribution in [1.29, 1.82) is 0 Å². The summed E-state index contributed by atoms with van der Waals surface area (Å²) in [5.74, 6) is -1.26. The average molecular weight is 781 g/mol. The Balaban J connectivity index is 0.000000266. The second-order valence-electron chi connectivity index (χ2n) is 12.7. The van der Waals surface area contributed by atoms with Crippen molar-refractivity contribution in [3.63, 3.8) is 0 Å². The summed E-state index contributed by atoms with van der Waals surface area (Å²) in [5, 5.41) is 2.09. The van der Waals surface area contributed by atoms with Crippen molar-refractivity contribution in [2.75, 3.05) is 5.88 Å². The Morgan fingerprint density at radius 3 is 1.88 bits per heavy atom. The van der Waals surface area contributed by atoms with E-state index in [-0.39, 0.29) is 10.9 Å². The number of H-pyrrole nitrogens is 1. The number of hydrogen-bond acceptors (Lipinski definition) is 6. The highest BCUT2D eigenvalue weighted by Gasteiger charge is 2.22. The maximum atomic E-state index is 12.2. The molecule has 4 aromatic rings. The molecule has 0 unspecified atom stereocenters. The number of hydrogen-bond donors (Lipinski definition) is 1. The van der Waals surface area contributed by atoms with Crippen molar-refractivity contribution in [2.45, 2.75) is 64.6 Å². The van der Waals surface area contributed by atoms with Gasteiger partial charge in [0.2, 0.25) is 0 Å². The molecule has 13 heteroatoms. The smallest absolute Gasteiger partial charge is 0.340 e. The quantitative estimate of drug-likeness (QED) is 0.119. The van der Waals surface area contributed by atoms with Crippen molar-refractivity contribution < 1.29 is 27.5 Å². The highest BCUT2D eigenvalue weighted by Crippen LogP contribution is 2.33. The van der Waals surface area contributed by atoms with Crippen LogP contribution in [-0.4, -0.2) is 42.4 Å². The van der Waals surface area contributed by atoms with Crippen LogP contribution in [0.25, 0.3) is 22.0 Å². The largest absolute Gasteiger partial charge is 0.457 e. The number of aromatic amines is 1. The number of aromatic nitrogens is 1. The Morgan fingerprint density at radius 1 is 0.800 bits per heavy atom. The summed E-state index contributed by atoms with van der Waals surface area (Å²) in [5.41, 5.74) is 2.56. The molecule has 1 N–H and O–H groups in total. The van der Waals surface area contributed by atoms with E-state index in [2.05, 4.69) is 9.83 Å². The first kappa shape index (κ1) is 42.4. The molecule has 3 aromatic carbocycles. The highest BCUT2D eigenvalue weighted by molar-refractivity contribution is 7.91. The van der Waals surface area contributed by atoms with Gasteiger partial charge in [-0.2, -0.15) is 0 Å². The van der Waals surface area contributed by atoms with Crippen LogP contribution in [0.2, 0.25) is 20.1 Å². The summed E-state index contributed by atoms with van der Waals surface area (Å²) in [7, 11) is -3.38. The predicted molar refractivity (Wildman–Crippen MR) is 203 cm³/mol. The van der Waals surface area contributed by atoms with Gasteiger partial charge in [-0.05, 0) is 96.5 Å². The van der Waals surface area contributed by atoms with Crippen LogP contribution < -0.4 is 0 Å². The van der Waals surface area contributed by atoms with Gasteiger partial charge in [-0.3, -0.25) is 4.85 Å². The molecule has 0 fully saturated rings. The normalized spacial score (nSPS) is 11.4. The zero-order valence-electron chi connectivity index (χ0n) is 28.6. The standard InChI is InChI=1S/C15H15Cl2NO2.C13H14Cl2O2.C9H9NO2S/c1-15(2,3)20-14(19)12-8-18-7-11(12)10-5-4-9(16)6-13(10)17;1-13(2,3)17-12(16)7-5-9-4-6-10(14)8-11(9)15;1-8-3-5-9(6-4-8)13(11,12)7-10-2/h4-8,18H,1-3H3;4-8H,1-3H3;3-6H,7H2,1H3/b;7-5+;. The number of nitrogens with zero attached hydrogens (tertiary/aromatic N) is 1. The number of ether oxygens (including phenoxy) is 2. The molecule has 1 aromatic heterocycles. The predicted octanol–water partition coefficient (Wildman–Crippen LogP) is 10.9. The van der Waals surface area contributed by atoms with Crippen LogP contribution in [0.15, 0.2) is 84.0 Å². The Hall–Kier alpha value is -3.78. The molecular formula is C37H38Cl4N2O6S. The fraction of sp³-hybridized carbons (Fsp3) is 0.270. The van der Waals surface area contributed by atoms with E-state index < -0.39 is 32.9 Å². The SMILES string of the molecule is CC(C)(C)OC(=O)/C=C/c1ccc(Cl)cc1Cl.CC(C)(C)OC(=O)c1c[nH]cc1-c1ccc(Cl)cc1Cl.[C-]#[N+]CS(=O)(=O)c1ccc(C)cc1. The van der Waals surface area contributed by atoms with E-state index in [1.807, 2.05) is 48.5 Å². The molecule has 0 aliphatic heterocycles. The summed E-state index contributed by atoms with van der Waals surface area (Å²) in [4.78, 5) is 29.6. The topological polar surface area (TPSA) is 107 Å². The second-order valence-corrected chi connectivity index (χ2v) is 16.3. The van der Waals surface area contributed by atoms with E-state index in [0.29, 0.717) is 31.2 Å². The van der Waals surface area contributed by atoms with Gasteiger partial charge < -0.3 is 14.5 Å². The molecule has 0 aliphatic carbocycles. The number of esters is 2. The minimum Gasteiger partial charge on any atom is -0.457 e. The van der Waals surface area contributed by atoms with Crippen LogP contribution >= 0.6 is 46.4 Å². The van der Waals surface area contributed by atoms with Crippen molar-refractivity contribution in [1.82, 2.24) is 4.98 Å². The fourth-order valence-corrected chi connectivity index (χ4v) is 5.68. The van der Waals surface area contributed by atoms with E-state index in [1.54, 1.807) is 67.0 Å². The zero-order valence-corrected chi connectivity index (χ0v) is 32.4. The Kier molecular flexibility index (Phi) is 15.6. The molecule has 266 valence electrons. The molecular weight excluding hydrogens is 742 g/mol. The minimum absolute atomic E-state index is 0.217. The van der Waals surface area contributed by atoms with E-state index >= 15 is 0 Å². The van der Waals surface area contributed by atoms with Gasteiger partial charge in [-0.1, -0.05) is 76.2 Å². The molecule has 8 nitrogen and oxygen atoms in total. The van der Waals surface area contributed by atoms with Gasteiger partial charge in [0.05, 0.1) is 10.5 Å². The van der Waals surface area contributed by atoms with Gasteiger partial charge in [0.15, 0.2) is 0 Å². The van der Waals surface area contributed by atoms with Crippen LogP contribution in [0.1, 0.15) is 63.0 Å². The molecule has 0 saturated heterocycles. The number of nitrogens with one attached hydrogen (secondary N) is 1. The molecule has 4 rings (SSSR count). The number of rotatable bonds is 6. The molecule has 50 heavy (non-hydrogen) atoms. The number of sulfone groups is 1. The van der Waals surface area contributed by atoms with Crippen LogP contribution in [0.3, 0.4) is 0 Å². The third kappa shape index (κ3) is 14.6.